The molecule has 1 aromatic carbocycles. The van der Waals surface area contributed by atoms with Crippen LogP contribution in [-0.2, 0) is 14.3 Å². The van der Waals surface area contributed by atoms with E-state index in [1.807, 2.05) is 44.1 Å². The standard InChI is InChI=1S/C22H29N3O3/c1-14-18(15-8-6-5-7-9-15)16-12-22(21(23)27,10-11-25(3)4)13-17(19(16)28-14)20(26)24-2/h5-9,13-14,18H,10-12H2,1-4H3,(H2,23,27)(H,24,26). The molecule has 2 aliphatic rings. The molecule has 1 aliphatic carbocycles. The Kier molecular flexibility index (Phi) is 5.61. The van der Waals surface area contributed by atoms with Crippen LogP contribution in [-0.4, -0.2) is 50.5 Å². The minimum atomic E-state index is -0.911. The van der Waals surface area contributed by atoms with Gasteiger partial charge in [-0.05, 0) is 51.5 Å². The van der Waals surface area contributed by atoms with Gasteiger partial charge < -0.3 is 20.7 Å². The summed E-state index contributed by atoms with van der Waals surface area (Å²) in [6.07, 6.45) is 2.62. The topological polar surface area (TPSA) is 84.7 Å². The van der Waals surface area contributed by atoms with Crippen LogP contribution in [0.2, 0.25) is 0 Å². The molecule has 28 heavy (non-hydrogen) atoms. The van der Waals surface area contributed by atoms with Crippen molar-refractivity contribution in [1.29, 1.82) is 0 Å². The third-order valence-corrected chi connectivity index (χ3v) is 5.74. The van der Waals surface area contributed by atoms with E-state index >= 15 is 0 Å². The highest BCUT2D eigenvalue weighted by Gasteiger charge is 2.48. The van der Waals surface area contributed by atoms with E-state index < -0.39 is 11.3 Å². The fraction of sp³-hybridized carbons (Fsp3) is 0.455. The highest BCUT2D eigenvalue weighted by Crippen LogP contribution is 2.51. The Hall–Kier alpha value is -2.60. The molecule has 6 nitrogen and oxygen atoms in total. The molecule has 3 N–H and O–H groups in total. The lowest BCUT2D eigenvalue weighted by molar-refractivity contribution is -0.125. The predicted octanol–water partition coefficient (Wildman–Crippen LogP) is 1.94. The largest absolute Gasteiger partial charge is 0.489 e. The Labute approximate surface area is 166 Å². The maximum absolute atomic E-state index is 12.7. The fourth-order valence-corrected chi connectivity index (χ4v) is 4.21. The van der Waals surface area contributed by atoms with E-state index in [0.717, 1.165) is 11.1 Å². The van der Waals surface area contributed by atoms with Crippen LogP contribution in [0.3, 0.4) is 0 Å². The van der Waals surface area contributed by atoms with Gasteiger partial charge in [0.1, 0.15) is 11.9 Å². The summed E-state index contributed by atoms with van der Waals surface area (Å²) >= 11 is 0. The average molecular weight is 383 g/mol. The van der Waals surface area contributed by atoms with Crippen LogP contribution in [0.1, 0.15) is 31.2 Å². The van der Waals surface area contributed by atoms with Gasteiger partial charge in [-0.3, -0.25) is 9.59 Å². The number of primary amides is 1. The highest BCUT2D eigenvalue weighted by molar-refractivity contribution is 6.00. The second-order valence-corrected chi connectivity index (χ2v) is 7.95. The number of likely N-dealkylation sites (N-methyl/N-ethyl adjacent to an activating group) is 1. The summed E-state index contributed by atoms with van der Waals surface area (Å²) in [4.78, 5) is 27.3. The number of amides is 2. The van der Waals surface area contributed by atoms with Crippen LogP contribution < -0.4 is 11.1 Å². The zero-order valence-electron chi connectivity index (χ0n) is 17.0. The zero-order valence-corrected chi connectivity index (χ0v) is 17.0. The zero-order chi connectivity index (χ0) is 20.5. The Morgan fingerprint density at radius 1 is 1.29 bits per heavy atom. The summed E-state index contributed by atoms with van der Waals surface area (Å²) in [5.41, 5.74) is 7.49. The van der Waals surface area contributed by atoms with Crippen molar-refractivity contribution in [1.82, 2.24) is 10.2 Å². The molecule has 3 unspecified atom stereocenters. The lowest BCUT2D eigenvalue weighted by atomic mass is 9.69. The van der Waals surface area contributed by atoms with Crippen LogP contribution in [0.15, 0.2) is 53.3 Å². The van der Waals surface area contributed by atoms with Crippen molar-refractivity contribution in [3.63, 3.8) is 0 Å². The van der Waals surface area contributed by atoms with Crippen molar-refractivity contribution in [2.45, 2.75) is 31.8 Å². The Morgan fingerprint density at radius 3 is 2.54 bits per heavy atom. The number of hydrogen-bond donors (Lipinski definition) is 2. The fourth-order valence-electron chi connectivity index (χ4n) is 4.21. The first-order valence-corrected chi connectivity index (χ1v) is 9.63. The molecule has 3 atom stereocenters. The summed E-state index contributed by atoms with van der Waals surface area (Å²) in [6.45, 7) is 2.69. The molecule has 0 fully saturated rings. The number of carbonyl (C=O) groups excluding carboxylic acids is 2. The molecular weight excluding hydrogens is 354 g/mol. The molecule has 1 aliphatic heterocycles. The molecule has 3 rings (SSSR count). The van der Waals surface area contributed by atoms with Gasteiger partial charge in [-0.15, -0.1) is 0 Å². The van der Waals surface area contributed by atoms with Gasteiger partial charge in [0.2, 0.25) is 5.91 Å². The van der Waals surface area contributed by atoms with E-state index in [-0.39, 0.29) is 17.9 Å². The average Bonchev–Trinajstić information content (AvgIpc) is 3.01. The van der Waals surface area contributed by atoms with E-state index in [0.29, 0.717) is 30.7 Å². The number of benzene rings is 1. The van der Waals surface area contributed by atoms with Gasteiger partial charge in [0.15, 0.2) is 0 Å². The van der Waals surface area contributed by atoms with Gasteiger partial charge >= 0.3 is 0 Å². The van der Waals surface area contributed by atoms with Crippen molar-refractivity contribution < 1.29 is 14.3 Å². The number of nitrogens with one attached hydrogen (secondary N) is 1. The third-order valence-electron chi connectivity index (χ3n) is 5.74. The van der Waals surface area contributed by atoms with Crippen molar-refractivity contribution in [2.75, 3.05) is 27.7 Å². The Morgan fingerprint density at radius 2 is 1.96 bits per heavy atom. The van der Waals surface area contributed by atoms with Gasteiger partial charge in [-0.2, -0.15) is 0 Å². The van der Waals surface area contributed by atoms with Crippen LogP contribution in [0.5, 0.6) is 0 Å². The second kappa shape index (κ2) is 7.80. The maximum atomic E-state index is 12.7. The minimum Gasteiger partial charge on any atom is -0.489 e. The summed E-state index contributed by atoms with van der Waals surface area (Å²) in [5, 5.41) is 2.67. The number of hydrogen-bond acceptors (Lipinski definition) is 4. The predicted molar refractivity (Wildman–Crippen MR) is 108 cm³/mol. The van der Waals surface area contributed by atoms with Crippen LogP contribution in [0, 0.1) is 5.41 Å². The molecule has 0 bridgehead atoms. The molecule has 2 amide bonds. The van der Waals surface area contributed by atoms with Crippen molar-refractivity contribution >= 4 is 11.8 Å². The molecule has 0 saturated carbocycles. The third kappa shape index (κ3) is 3.56. The monoisotopic (exact) mass is 383 g/mol. The molecule has 1 aromatic rings. The van der Waals surface area contributed by atoms with Gasteiger partial charge in [0.05, 0.1) is 11.0 Å². The van der Waals surface area contributed by atoms with Crippen LogP contribution >= 0.6 is 0 Å². The van der Waals surface area contributed by atoms with E-state index in [9.17, 15) is 9.59 Å². The summed E-state index contributed by atoms with van der Waals surface area (Å²) in [7, 11) is 5.50. The van der Waals surface area contributed by atoms with Crippen molar-refractivity contribution in [3.8, 4) is 0 Å². The van der Waals surface area contributed by atoms with Crippen LogP contribution in [0.25, 0.3) is 0 Å². The highest BCUT2D eigenvalue weighted by atomic mass is 16.5. The van der Waals surface area contributed by atoms with E-state index in [1.54, 1.807) is 13.1 Å². The lowest BCUT2D eigenvalue weighted by Gasteiger charge is -2.34. The SMILES string of the molecule is CNC(=O)C1=CC(CCN(C)C)(C(N)=O)CC2=C1OC(C)C2c1ccccc1. The first-order chi connectivity index (χ1) is 13.3. The minimum absolute atomic E-state index is 0.0114. The summed E-state index contributed by atoms with van der Waals surface area (Å²) in [6, 6.07) is 10.1. The van der Waals surface area contributed by atoms with Gasteiger partial charge in [-0.1, -0.05) is 36.4 Å². The van der Waals surface area contributed by atoms with Crippen molar-refractivity contribution in [2.24, 2.45) is 11.1 Å². The number of carbonyl (C=O) groups is 2. The van der Waals surface area contributed by atoms with Crippen molar-refractivity contribution in [3.05, 3.63) is 58.9 Å². The first kappa shape index (κ1) is 20.1. The lowest BCUT2D eigenvalue weighted by Crippen LogP contribution is -2.41. The molecule has 0 radical (unpaired) electrons. The second-order valence-electron chi connectivity index (χ2n) is 7.95. The number of ether oxygens (including phenoxy) is 1. The maximum Gasteiger partial charge on any atom is 0.254 e. The normalized spacial score (nSPS) is 26.5. The quantitative estimate of drug-likeness (QED) is 0.786. The van der Waals surface area contributed by atoms with Gasteiger partial charge in [-0.25, -0.2) is 0 Å². The van der Waals surface area contributed by atoms with Gasteiger partial charge in [0, 0.05) is 13.0 Å². The summed E-state index contributed by atoms with van der Waals surface area (Å²) in [5.74, 6) is -0.0812. The van der Waals surface area contributed by atoms with E-state index in [2.05, 4.69) is 17.4 Å². The smallest absolute Gasteiger partial charge is 0.254 e. The Bertz CT molecular complexity index is 829. The molecule has 1 heterocycles. The van der Waals surface area contributed by atoms with Gasteiger partial charge in [0.25, 0.3) is 5.91 Å². The molecule has 6 heteroatoms. The van der Waals surface area contributed by atoms with E-state index in [1.165, 1.54) is 0 Å². The first-order valence-electron chi connectivity index (χ1n) is 9.63. The Balaban J connectivity index is 2.11. The molecular formula is C22H29N3O3. The number of rotatable bonds is 6. The molecule has 150 valence electrons. The molecule has 0 spiro atoms. The van der Waals surface area contributed by atoms with E-state index in [4.69, 9.17) is 10.5 Å². The number of nitrogens with two attached hydrogens (primary N) is 1. The molecule has 0 saturated heterocycles. The molecule has 0 aromatic heterocycles. The number of nitrogens with zero attached hydrogens (tertiary/aromatic N) is 1. The summed E-state index contributed by atoms with van der Waals surface area (Å²) < 4.78 is 6.15. The van der Waals surface area contributed by atoms with Crippen LogP contribution in [0.4, 0.5) is 0 Å².